The number of carboxylic acid groups (broad SMARTS) is 1. The van der Waals surface area contributed by atoms with Crippen LogP contribution in [0.3, 0.4) is 0 Å². The van der Waals surface area contributed by atoms with Crippen LogP contribution in [0.15, 0.2) is 28.1 Å². The van der Waals surface area contributed by atoms with E-state index in [1.807, 2.05) is 6.92 Å². The molecule has 13 heavy (non-hydrogen) atoms. The first-order valence-electron chi connectivity index (χ1n) is 3.63. The molecule has 1 aromatic rings. The minimum atomic E-state index is -0.941. The van der Waals surface area contributed by atoms with Gasteiger partial charge < -0.3 is 9.52 Å². The molecule has 0 radical (unpaired) electrons. The lowest BCUT2D eigenvalue weighted by atomic mass is 10.5. The highest BCUT2D eigenvalue weighted by molar-refractivity contribution is 7.99. The van der Waals surface area contributed by atoms with Crippen LogP contribution >= 0.6 is 11.8 Å². The van der Waals surface area contributed by atoms with Gasteiger partial charge in [0, 0.05) is 11.8 Å². The van der Waals surface area contributed by atoms with Crippen LogP contribution in [-0.4, -0.2) is 21.8 Å². The van der Waals surface area contributed by atoms with Crippen molar-refractivity contribution in [3.63, 3.8) is 0 Å². The Morgan fingerprint density at radius 1 is 1.85 bits per heavy atom. The molecule has 4 nitrogen and oxygen atoms in total. The monoisotopic (exact) mass is 199 g/mol. The number of rotatable bonds is 4. The van der Waals surface area contributed by atoms with Crippen LogP contribution in [0.2, 0.25) is 0 Å². The van der Waals surface area contributed by atoms with Gasteiger partial charge in [0.25, 0.3) is 5.22 Å². The number of aryl methyl sites for hydroxylation is 1. The van der Waals surface area contributed by atoms with Gasteiger partial charge in [-0.2, -0.15) is 0 Å². The second-order valence-electron chi connectivity index (χ2n) is 2.31. The van der Waals surface area contributed by atoms with Crippen LogP contribution in [0.1, 0.15) is 5.69 Å². The SMILES string of the molecule is Cc1coc(SC/C=C/C(=O)O)n1. The van der Waals surface area contributed by atoms with Gasteiger partial charge in [-0.15, -0.1) is 0 Å². The maximum atomic E-state index is 10.1. The fourth-order valence-electron chi connectivity index (χ4n) is 0.667. The number of oxazole rings is 1. The summed E-state index contributed by atoms with van der Waals surface area (Å²) in [7, 11) is 0. The van der Waals surface area contributed by atoms with E-state index in [1.165, 1.54) is 11.8 Å². The van der Waals surface area contributed by atoms with Crippen LogP contribution < -0.4 is 0 Å². The molecular formula is C8H9NO3S. The summed E-state index contributed by atoms with van der Waals surface area (Å²) in [6, 6.07) is 0. The minimum absolute atomic E-state index is 0.548. The summed E-state index contributed by atoms with van der Waals surface area (Å²) in [6.07, 6.45) is 4.21. The predicted molar refractivity (Wildman–Crippen MR) is 48.7 cm³/mol. The van der Waals surface area contributed by atoms with E-state index >= 15 is 0 Å². The van der Waals surface area contributed by atoms with E-state index in [-0.39, 0.29) is 0 Å². The number of thioether (sulfide) groups is 1. The van der Waals surface area contributed by atoms with E-state index in [0.717, 1.165) is 11.8 Å². The summed E-state index contributed by atoms with van der Waals surface area (Å²) < 4.78 is 5.04. The molecule has 1 heterocycles. The molecule has 0 saturated heterocycles. The standard InChI is InChI=1S/C8H9NO3S/c1-6-5-12-8(9-6)13-4-2-3-7(10)11/h2-3,5H,4H2,1H3,(H,10,11)/b3-2+. The first-order chi connectivity index (χ1) is 6.18. The third-order valence-corrected chi connectivity index (χ3v) is 1.95. The first-order valence-corrected chi connectivity index (χ1v) is 4.61. The molecule has 1 rings (SSSR count). The Hall–Kier alpha value is -1.23. The van der Waals surface area contributed by atoms with E-state index in [4.69, 9.17) is 9.52 Å². The molecule has 0 atom stereocenters. The van der Waals surface area contributed by atoms with Crippen LogP contribution in [0.4, 0.5) is 0 Å². The van der Waals surface area contributed by atoms with E-state index in [2.05, 4.69) is 4.98 Å². The summed E-state index contributed by atoms with van der Waals surface area (Å²) in [6.45, 7) is 1.83. The smallest absolute Gasteiger partial charge is 0.328 e. The third-order valence-electron chi connectivity index (χ3n) is 1.16. The zero-order valence-electron chi connectivity index (χ0n) is 7.06. The molecule has 1 aromatic heterocycles. The molecule has 70 valence electrons. The van der Waals surface area contributed by atoms with Gasteiger partial charge in [0.2, 0.25) is 0 Å². The Bertz CT molecular complexity index is 319. The maximum absolute atomic E-state index is 10.1. The molecule has 5 heteroatoms. The molecular weight excluding hydrogens is 190 g/mol. The number of aromatic nitrogens is 1. The number of aliphatic carboxylic acids is 1. The van der Waals surface area contributed by atoms with Gasteiger partial charge >= 0.3 is 5.97 Å². The molecule has 0 saturated carbocycles. The lowest BCUT2D eigenvalue weighted by Crippen LogP contribution is -1.86. The van der Waals surface area contributed by atoms with E-state index in [1.54, 1.807) is 12.3 Å². The van der Waals surface area contributed by atoms with Gasteiger partial charge in [-0.3, -0.25) is 0 Å². The molecule has 0 unspecified atom stereocenters. The van der Waals surface area contributed by atoms with Crippen molar-refractivity contribution in [1.82, 2.24) is 4.98 Å². The van der Waals surface area contributed by atoms with Gasteiger partial charge in [0.15, 0.2) is 0 Å². The Morgan fingerprint density at radius 2 is 2.62 bits per heavy atom. The number of carboxylic acids is 1. The molecule has 0 aromatic carbocycles. The minimum Gasteiger partial charge on any atom is -0.478 e. The van der Waals surface area contributed by atoms with E-state index < -0.39 is 5.97 Å². The summed E-state index contributed by atoms with van der Waals surface area (Å²) in [4.78, 5) is 14.1. The molecule has 0 fully saturated rings. The first kappa shape index (κ1) is 9.85. The predicted octanol–water partition coefficient (Wildman–Crippen LogP) is 1.72. The molecule has 0 bridgehead atoms. The molecule has 0 aliphatic rings. The second-order valence-corrected chi connectivity index (χ2v) is 3.28. The van der Waals surface area contributed by atoms with Crippen LogP contribution in [0, 0.1) is 6.92 Å². The van der Waals surface area contributed by atoms with Crippen molar-refractivity contribution in [2.24, 2.45) is 0 Å². The zero-order chi connectivity index (χ0) is 9.68. The summed E-state index contributed by atoms with van der Waals surface area (Å²) in [5.74, 6) is -0.393. The van der Waals surface area contributed by atoms with Crippen LogP contribution in [0.5, 0.6) is 0 Å². The summed E-state index contributed by atoms with van der Waals surface area (Å²) >= 11 is 1.36. The van der Waals surface area contributed by atoms with Crippen molar-refractivity contribution in [3.05, 3.63) is 24.1 Å². The van der Waals surface area contributed by atoms with Gasteiger partial charge in [-0.1, -0.05) is 17.8 Å². The molecule has 0 amide bonds. The highest BCUT2D eigenvalue weighted by atomic mass is 32.2. The van der Waals surface area contributed by atoms with E-state index in [0.29, 0.717) is 11.0 Å². The van der Waals surface area contributed by atoms with Crippen molar-refractivity contribution in [2.45, 2.75) is 12.1 Å². The molecule has 1 N–H and O–H groups in total. The fraction of sp³-hybridized carbons (Fsp3) is 0.250. The Morgan fingerprint density at radius 3 is 3.15 bits per heavy atom. The zero-order valence-corrected chi connectivity index (χ0v) is 7.87. The highest BCUT2D eigenvalue weighted by Crippen LogP contribution is 2.16. The molecule has 0 spiro atoms. The Kier molecular flexibility index (Phi) is 3.57. The van der Waals surface area contributed by atoms with Crippen molar-refractivity contribution >= 4 is 17.7 Å². The van der Waals surface area contributed by atoms with Crippen molar-refractivity contribution < 1.29 is 14.3 Å². The Balaban J connectivity index is 2.31. The van der Waals surface area contributed by atoms with Crippen molar-refractivity contribution in [3.8, 4) is 0 Å². The maximum Gasteiger partial charge on any atom is 0.328 e. The van der Waals surface area contributed by atoms with Crippen LogP contribution in [-0.2, 0) is 4.79 Å². The Labute approximate surface area is 79.7 Å². The van der Waals surface area contributed by atoms with Crippen LogP contribution in [0.25, 0.3) is 0 Å². The van der Waals surface area contributed by atoms with Gasteiger partial charge in [0.1, 0.15) is 6.26 Å². The number of hydrogen-bond donors (Lipinski definition) is 1. The third kappa shape index (κ3) is 3.80. The van der Waals surface area contributed by atoms with Crippen molar-refractivity contribution in [1.29, 1.82) is 0 Å². The number of nitrogens with zero attached hydrogens (tertiary/aromatic N) is 1. The summed E-state index contributed by atoms with van der Waals surface area (Å²) in [5, 5.41) is 8.84. The normalized spacial score (nSPS) is 10.8. The topological polar surface area (TPSA) is 63.3 Å². The second kappa shape index (κ2) is 4.71. The molecule has 0 aliphatic heterocycles. The largest absolute Gasteiger partial charge is 0.478 e. The lowest BCUT2D eigenvalue weighted by Gasteiger charge is -1.87. The number of hydrogen-bond acceptors (Lipinski definition) is 4. The summed E-state index contributed by atoms with van der Waals surface area (Å²) in [5.41, 5.74) is 0.824. The quantitative estimate of drug-likeness (QED) is 0.590. The van der Waals surface area contributed by atoms with Gasteiger partial charge in [0.05, 0.1) is 5.69 Å². The lowest BCUT2D eigenvalue weighted by molar-refractivity contribution is -0.131. The fourth-order valence-corrected chi connectivity index (χ4v) is 1.33. The van der Waals surface area contributed by atoms with E-state index in [9.17, 15) is 4.79 Å². The van der Waals surface area contributed by atoms with Gasteiger partial charge in [-0.25, -0.2) is 9.78 Å². The van der Waals surface area contributed by atoms with Crippen molar-refractivity contribution in [2.75, 3.05) is 5.75 Å². The average molecular weight is 199 g/mol. The number of carbonyl (C=O) groups is 1. The van der Waals surface area contributed by atoms with Gasteiger partial charge in [-0.05, 0) is 6.92 Å². The highest BCUT2D eigenvalue weighted by Gasteiger charge is 1.98. The molecule has 0 aliphatic carbocycles. The average Bonchev–Trinajstić information content (AvgIpc) is 2.45.